The van der Waals surface area contributed by atoms with E-state index in [2.05, 4.69) is 10.3 Å². The molecule has 1 fully saturated rings. The van der Waals surface area contributed by atoms with Crippen LogP contribution in [-0.2, 0) is 16.1 Å². The Bertz CT molecular complexity index is 1250. The lowest BCUT2D eigenvalue weighted by Crippen LogP contribution is -2.48. The van der Waals surface area contributed by atoms with Gasteiger partial charge in [0.1, 0.15) is 5.82 Å². The summed E-state index contributed by atoms with van der Waals surface area (Å²) in [6, 6.07) is 7.86. The van der Waals surface area contributed by atoms with Crippen molar-refractivity contribution < 1.29 is 18.8 Å². The number of aryl methyl sites for hydroxylation is 1. The van der Waals surface area contributed by atoms with Crippen LogP contribution in [0.25, 0.3) is 0 Å². The van der Waals surface area contributed by atoms with E-state index in [0.29, 0.717) is 32.5 Å². The summed E-state index contributed by atoms with van der Waals surface area (Å²) in [5.74, 6) is -1.89. The van der Waals surface area contributed by atoms with Crippen LogP contribution in [0.5, 0.6) is 0 Å². The van der Waals surface area contributed by atoms with Gasteiger partial charge in [0, 0.05) is 62.3 Å². The number of Topliss-reactive ketones (excluding diaryl/α,β-unsaturated/α-hetero) is 1. The summed E-state index contributed by atoms with van der Waals surface area (Å²) in [4.78, 5) is 57.4. The molecule has 4 rings (SSSR count). The Morgan fingerprint density at radius 3 is 2.47 bits per heavy atom. The van der Waals surface area contributed by atoms with Crippen LogP contribution < -0.4 is 10.9 Å². The maximum Gasteiger partial charge on any atom is 0.253 e. The first kappa shape index (κ1) is 25.0. The van der Waals surface area contributed by atoms with Crippen LogP contribution in [0.2, 0.25) is 0 Å². The van der Waals surface area contributed by atoms with Crippen molar-refractivity contribution in [2.45, 2.75) is 31.8 Å². The average Bonchev–Trinajstić information content (AvgIpc) is 3.42. The number of imidazole rings is 1. The van der Waals surface area contributed by atoms with Crippen molar-refractivity contribution in [2.24, 2.45) is 5.92 Å². The van der Waals surface area contributed by atoms with E-state index in [1.54, 1.807) is 18.6 Å². The van der Waals surface area contributed by atoms with Gasteiger partial charge in [-0.15, -0.1) is 0 Å². The van der Waals surface area contributed by atoms with Crippen molar-refractivity contribution >= 4 is 17.6 Å². The molecule has 3 aromatic rings. The number of ketones is 1. The van der Waals surface area contributed by atoms with Crippen LogP contribution in [0, 0.1) is 11.7 Å². The number of pyridine rings is 1. The number of halogens is 1. The first-order chi connectivity index (χ1) is 17.4. The molecule has 1 unspecified atom stereocenters. The van der Waals surface area contributed by atoms with Gasteiger partial charge < -0.3 is 14.8 Å². The molecule has 188 valence electrons. The van der Waals surface area contributed by atoms with E-state index in [4.69, 9.17) is 0 Å². The number of benzene rings is 1. The second-order valence-corrected chi connectivity index (χ2v) is 8.76. The van der Waals surface area contributed by atoms with Gasteiger partial charge in [-0.3, -0.25) is 23.7 Å². The molecule has 1 N–H and O–H groups in total. The molecule has 1 atom stereocenters. The molecule has 0 bridgehead atoms. The highest BCUT2D eigenvalue weighted by Gasteiger charge is 2.36. The molecule has 10 heteroatoms. The number of aromatic nitrogens is 3. The number of nitrogens with one attached hydrogen (secondary N) is 1. The summed E-state index contributed by atoms with van der Waals surface area (Å²) in [5.41, 5.74) is -0.355. The van der Waals surface area contributed by atoms with Crippen molar-refractivity contribution in [3.05, 3.63) is 89.1 Å². The van der Waals surface area contributed by atoms with Gasteiger partial charge in [-0.2, -0.15) is 0 Å². The second-order valence-electron chi connectivity index (χ2n) is 8.76. The fourth-order valence-electron chi connectivity index (χ4n) is 4.35. The smallest absolute Gasteiger partial charge is 0.253 e. The van der Waals surface area contributed by atoms with Gasteiger partial charge in [0.05, 0.1) is 6.33 Å². The van der Waals surface area contributed by atoms with Crippen molar-refractivity contribution in [3.63, 3.8) is 0 Å². The zero-order valence-electron chi connectivity index (χ0n) is 19.8. The summed E-state index contributed by atoms with van der Waals surface area (Å²) >= 11 is 0. The molecule has 3 heterocycles. The first-order valence-electron chi connectivity index (χ1n) is 11.9. The second kappa shape index (κ2) is 11.6. The van der Waals surface area contributed by atoms with Gasteiger partial charge >= 0.3 is 0 Å². The Kier molecular flexibility index (Phi) is 8.04. The molecule has 0 radical (unpaired) electrons. The van der Waals surface area contributed by atoms with Gasteiger partial charge in [-0.25, -0.2) is 9.37 Å². The summed E-state index contributed by atoms with van der Waals surface area (Å²) in [5, 5.41) is 2.95. The van der Waals surface area contributed by atoms with E-state index >= 15 is 0 Å². The number of hydrogen-bond acceptors (Lipinski definition) is 5. The molecule has 0 aliphatic carbocycles. The normalized spacial score (nSPS) is 14.9. The maximum atomic E-state index is 13.5. The zero-order chi connectivity index (χ0) is 25.5. The topological polar surface area (TPSA) is 106 Å². The fourth-order valence-corrected chi connectivity index (χ4v) is 4.35. The lowest BCUT2D eigenvalue weighted by molar-refractivity contribution is -0.137. The van der Waals surface area contributed by atoms with Crippen LogP contribution >= 0.6 is 0 Å². The Balaban J connectivity index is 1.38. The number of hydrogen-bond donors (Lipinski definition) is 1. The molecule has 2 amide bonds. The molecule has 1 aliphatic rings. The van der Waals surface area contributed by atoms with Crippen LogP contribution in [0.1, 0.15) is 35.7 Å². The van der Waals surface area contributed by atoms with Crippen molar-refractivity contribution in [2.75, 3.05) is 19.6 Å². The van der Waals surface area contributed by atoms with Crippen LogP contribution in [-0.4, -0.2) is 56.2 Å². The highest BCUT2D eigenvalue weighted by molar-refractivity contribution is 6.11. The minimum atomic E-state index is -1.40. The van der Waals surface area contributed by atoms with E-state index in [9.17, 15) is 23.6 Å². The predicted molar refractivity (Wildman–Crippen MR) is 130 cm³/mol. The molecule has 1 aromatic carbocycles. The van der Waals surface area contributed by atoms with Gasteiger partial charge in [0.2, 0.25) is 5.91 Å². The third kappa shape index (κ3) is 5.94. The van der Waals surface area contributed by atoms with Crippen molar-refractivity contribution in [1.29, 1.82) is 0 Å². The number of carbonyl (C=O) groups is 3. The molecule has 1 saturated heterocycles. The van der Waals surface area contributed by atoms with Crippen molar-refractivity contribution in [3.8, 4) is 0 Å². The number of amides is 2. The molecule has 1 aliphatic heterocycles. The van der Waals surface area contributed by atoms with Crippen molar-refractivity contribution in [1.82, 2.24) is 24.3 Å². The van der Waals surface area contributed by atoms with Gasteiger partial charge in [0.25, 0.3) is 11.5 Å². The number of carbonyl (C=O) groups excluding carboxylic acids is 3. The predicted octanol–water partition coefficient (Wildman–Crippen LogP) is 2.05. The molecule has 36 heavy (non-hydrogen) atoms. The van der Waals surface area contributed by atoms with E-state index in [-0.39, 0.29) is 17.4 Å². The third-order valence-electron chi connectivity index (χ3n) is 6.37. The highest BCUT2D eigenvalue weighted by atomic mass is 19.1. The molecule has 2 aromatic heterocycles. The monoisotopic (exact) mass is 493 g/mol. The van der Waals surface area contributed by atoms with Gasteiger partial charge in [0.15, 0.2) is 11.8 Å². The Morgan fingerprint density at radius 1 is 1.06 bits per heavy atom. The largest absolute Gasteiger partial charge is 0.356 e. The maximum absolute atomic E-state index is 13.5. The van der Waals surface area contributed by atoms with E-state index < -0.39 is 29.1 Å². The summed E-state index contributed by atoms with van der Waals surface area (Å²) in [6.07, 6.45) is 8.40. The number of likely N-dealkylation sites (tertiary alicyclic amines) is 1. The average molecular weight is 494 g/mol. The zero-order valence-corrected chi connectivity index (χ0v) is 19.8. The number of rotatable bonds is 9. The molecular weight excluding hydrogens is 465 g/mol. The summed E-state index contributed by atoms with van der Waals surface area (Å²) in [6.45, 7) is 1.89. The molecule has 0 saturated carbocycles. The van der Waals surface area contributed by atoms with E-state index in [1.807, 2.05) is 10.8 Å². The van der Waals surface area contributed by atoms with Gasteiger partial charge in [-0.1, -0.05) is 6.07 Å². The fraction of sp³-hybridized carbons (Fsp3) is 0.346. The van der Waals surface area contributed by atoms with Crippen LogP contribution in [0.4, 0.5) is 4.39 Å². The molecular formula is C26H28FN5O4. The molecule has 9 nitrogen and oxygen atoms in total. The van der Waals surface area contributed by atoms with E-state index in [1.165, 1.54) is 35.4 Å². The minimum absolute atomic E-state index is 0.0500. The summed E-state index contributed by atoms with van der Waals surface area (Å²) < 4.78 is 16.4. The lowest BCUT2D eigenvalue weighted by atomic mass is 9.94. The highest BCUT2D eigenvalue weighted by Crippen LogP contribution is 2.23. The van der Waals surface area contributed by atoms with Crippen LogP contribution in [0.3, 0.4) is 0 Å². The Labute approximate surface area is 207 Å². The Morgan fingerprint density at radius 2 is 1.81 bits per heavy atom. The number of piperidine rings is 1. The molecule has 0 spiro atoms. The minimum Gasteiger partial charge on any atom is -0.356 e. The first-order valence-corrected chi connectivity index (χ1v) is 11.9. The lowest BCUT2D eigenvalue weighted by Gasteiger charge is -2.33. The standard InChI is InChI=1S/C26H28FN5O4/c27-21-7-5-19(6-8-21)24(34)23(32-14-2-1-4-22(32)33)26(36)31-15-9-20(10-16-31)25(35)29-11-3-13-30-17-12-28-18-30/h1-2,4-8,12,14,17-18,20,23H,3,9-11,13,15-16H2,(H,29,35). The number of nitrogens with zero attached hydrogens (tertiary/aromatic N) is 4. The SMILES string of the molecule is O=C(NCCCn1ccnc1)C1CCN(C(=O)C(C(=O)c2ccc(F)cc2)n2ccccc2=O)CC1. The third-order valence-corrected chi connectivity index (χ3v) is 6.37. The van der Waals surface area contributed by atoms with E-state index in [0.717, 1.165) is 29.7 Å². The quantitative estimate of drug-likeness (QED) is 0.279. The Hall–Kier alpha value is -4.08. The van der Waals surface area contributed by atoms with Crippen LogP contribution in [0.15, 0.2) is 72.2 Å². The summed E-state index contributed by atoms with van der Waals surface area (Å²) in [7, 11) is 0. The van der Waals surface area contributed by atoms with Gasteiger partial charge in [-0.05, 0) is 49.6 Å².